The van der Waals surface area contributed by atoms with Gasteiger partial charge in [0.2, 0.25) is 0 Å². The Hall–Kier alpha value is -8.06. The third kappa shape index (κ3) is 7.97. The van der Waals surface area contributed by atoms with Gasteiger partial charge in [-0.2, -0.15) is 0 Å². The first-order chi connectivity index (χ1) is 34.0. The average Bonchev–Trinajstić information content (AvgIpc) is 3.71. The summed E-state index contributed by atoms with van der Waals surface area (Å²) in [5.74, 6) is 0. The van der Waals surface area contributed by atoms with Gasteiger partial charge >= 0.3 is 0 Å². The SMILES string of the molecule is CCCCc1ccccc1-c1ccc2c3ccccc3c3ccccc3c2c1.Cc1ccc2c(c1)C(c1ccccc1)(c1ccccc1)c1ccccc1-2.Cc1ccc2c(ccc3ccccc32)c1. The van der Waals surface area contributed by atoms with Gasteiger partial charge in [-0.25, -0.2) is 0 Å². The number of rotatable bonds is 6. The van der Waals surface area contributed by atoms with Crippen LogP contribution in [0.1, 0.15) is 58.7 Å². The molecule has 0 bridgehead atoms. The molecule has 0 spiro atoms. The molecule has 0 unspecified atom stereocenters. The number of unbranched alkanes of at least 4 members (excludes halogenated alkanes) is 1. The van der Waals surface area contributed by atoms with Crippen molar-refractivity contribution in [1.29, 1.82) is 0 Å². The second-order valence-electron chi connectivity index (χ2n) is 18.7. The van der Waals surface area contributed by atoms with Crippen molar-refractivity contribution in [3.8, 4) is 22.3 Å². The third-order valence-electron chi connectivity index (χ3n) is 14.4. The normalized spacial score (nSPS) is 12.3. The maximum absolute atomic E-state index is 2.40. The lowest BCUT2D eigenvalue weighted by Crippen LogP contribution is -2.28. The molecule has 0 aliphatic heterocycles. The molecule has 0 nitrogen and oxygen atoms in total. The van der Waals surface area contributed by atoms with Gasteiger partial charge in [0, 0.05) is 0 Å². The van der Waals surface area contributed by atoms with E-state index in [4.69, 9.17) is 0 Å². The molecule has 1 aliphatic rings. The Morgan fingerprint density at radius 3 is 1.48 bits per heavy atom. The molecule has 0 heterocycles. The fourth-order valence-electron chi connectivity index (χ4n) is 11.2. The minimum absolute atomic E-state index is 0.263. The van der Waals surface area contributed by atoms with Crippen LogP contribution in [0.3, 0.4) is 0 Å². The molecule has 332 valence electrons. The summed E-state index contributed by atoms with van der Waals surface area (Å²) in [6.45, 7) is 6.58. The molecular formula is C69H56. The lowest BCUT2D eigenvalue weighted by atomic mass is 9.67. The van der Waals surface area contributed by atoms with E-state index in [1.165, 1.54) is 128 Å². The van der Waals surface area contributed by atoms with E-state index in [1.54, 1.807) is 0 Å². The van der Waals surface area contributed by atoms with Gasteiger partial charge in [-0.15, -0.1) is 0 Å². The highest BCUT2D eigenvalue weighted by Gasteiger charge is 2.45. The Bertz CT molecular complexity index is 3710. The molecule has 0 atom stereocenters. The Labute approximate surface area is 407 Å². The molecule has 0 heteroatoms. The maximum atomic E-state index is 2.40. The molecule has 0 radical (unpaired) electrons. The summed E-state index contributed by atoms with van der Waals surface area (Å²) in [5, 5.41) is 13.4. The van der Waals surface area contributed by atoms with Crippen molar-refractivity contribution < 1.29 is 0 Å². The van der Waals surface area contributed by atoms with Gasteiger partial charge in [-0.3, -0.25) is 0 Å². The Morgan fingerprint density at radius 2 is 0.797 bits per heavy atom. The van der Waals surface area contributed by atoms with Crippen molar-refractivity contribution in [2.75, 3.05) is 0 Å². The zero-order valence-corrected chi connectivity index (χ0v) is 39.8. The molecule has 12 aromatic carbocycles. The highest BCUT2D eigenvalue weighted by atomic mass is 14.5. The topological polar surface area (TPSA) is 0 Å². The molecule has 69 heavy (non-hydrogen) atoms. The summed E-state index contributed by atoms with van der Waals surface area (Å²) in [5.41, 5.74) is 14.6. The molecule has 0 aromatic heterocycles. The fraction of sp³-hybridized carbons (Fsp3) is 0.101. The zero-order valence-electron chi connectivity index (χ0n) is 39.8. The Balaban J connectivity index is 0.000000118. The Kier molecular flexibility index (Phi) is 11.9. The number of aryl methyl sites for hydroxylation is 3. The van der Waals surface area contributed by atoms with Crippen LogP contribution in [-0.4, -0.2) is 0 Å². The van der Waals surface area contributed by atoms with E-state index in [-0.39, 0.29) is 5.41 Å². The average molecular weight is 885 g/mol. The second kappa shape index (κ2) is 18.9. The van der Waals surface area contributed by atoms with E-state index in [9.17, 15) is 0 Å². The van der Waals surface area contributed by atoms with Gasteiger partial charge in [-0.05, 0) is 137 Å². The van der Waals surface area contributed by atoms with Gasteiger partial charge in [0.25, 0.3) is 0 Å². The van der Waals surface area contributed by atoms with Gasteiger partial charge in [0.1, 0.15) is 0 Å². The van der Waals surface area contributed by atoms with E-state index in [1.807, 2.05) is 0 Å². The smallest absolute Gasteiger partial charge is 0.0654 e. The lowest BCUT2D eigenvalue weighted by molar-refractivity contribution is 0.767. The van der Waals surface area contributed by atoms with Crippen LogP contribution in [0.4, 0.5) is 0 Å². The van der Waals surface area contributed by atoms with E-state index in [0.717, 1.165) is 6.42 Å². The van der Waals surface area contributed by atoms with Crippen molar-refractivity contribution in [3.63, 3.8) is 0 Å². The Morgan fingerprint density at radius 1 is 0.319 bits per heavy atom. The van der Waals surface area contributed by atoms with E-state index in [2.05, 4.69) is 269 Å². The minimum atomic E-state index is -0.263. The summed E-state index contributed by atoms with van der Waals surface area (Å²) in [4.78, 5) is 0. The molecule has 13 rings (SSSR count). The number of hydrogen-bond acceptors (Lipinski definition) is 0. The number of benzene rings is 12. The molecule has 1 aliphatic carbocycles. The quantitative estimate of drug-likeness (QED) is 0.146. The molecule has 0 saturated heterocycles. The number of fused-ring (bicyclic) bond motifs is 12. The van der Waals surface area contributed by atoms with Crippen molar-refractivity contribution in [2.45, 2.75) is 45.4 Å². The second-order valence-corrected chi connectivity index (χ2v) is 18.7. The summed E-state index contributed by atoms with van der Waals surface area (Å²) in [6.07, 6.45) is 3.60. The summed E-state index contributed by atoms with van der Waals surface area (Å²) < 4.78 is 0. The van der Waals surface area contributed by atoms with Crippen LogP contribution >= 0.6 is 0 Å². The third-order valence-corrected chi connectivity index (χ3v) is 14.4. The predicted octanol–water partition coefficient (Wildman–Crippen LogP) is 18.8. The van der Waals surface area contributed by atoms with Crippen molar-refractivity contribution in [2.24, 2.45) is 0 Å². The van der Waals surface area contributed by atoms with Crippen LogP contribution in [0.2, 0.25) is 0 Å². The van der Waals surface area contributed by atoms with Gasteiger partial charge in [0.15, 0.2) is 0 Å². The highest BCUT2D eigenvalue weighted by molar-refractivity contribution is 6.25. The van der Waals surface area contributed by atoms with Crippen LogP contribution in [-0.2, 0) is 11.8 Å². The first-order valence-electron chi connectivity index (χ1n) is 24.6. The summed E-state index contributed by atoms with van der Waals surface area (Å²) in [6, 6.07) is 90.6. The molecule has 0 amide bonds. The van der Waals surface area contributed by atoms with Crippen molar-refractivity contribution in [3.05, 3.63) is 288 Å². The first kappa shape index (κ1) is 43.5. The van der Waals surface area contributed by atoms with Crippen LogP contribution < -0.4 is 0 Å². The highest BCUT2D eigenvalue weighted by Crippen LogP contribution is 2.56. The first-order valence-corrected chi connectivity index (χ1v) is 24.6. The number of hydrogen-bond donors (Lipinski definition) is 0. The zero-order chi connectivity index (χ0) is 46.7. The summed E-state index contributed by atoms with van der Waals surface area (Å²) in [7, 11) is 0. The van der Waals surface area contributed by atoms with Crippen molar-refractivity contribution in [1.82, 2.24) is 0 Å². The summed E-state index contributed by atoms with van der Waals surface area (Å²) >= 11 is 0. The lowest BCUT2D eigenvalue weighted by Gasteiger charge is -2.34. The van der Waals surface area contributed by atoms with E-state index < -0.39 is 0 Å². The standard InChI is InChI=1S/C28H24.C26H20.C15H12/c1-2-3-10-20-11-4-5-12-22(20)21-17-18-27-25-15-7-6-13-23(25)24-14-8-9-16-26(24)28(27)19-21;1-19-16-17-23-22-14-8-9-15-24(22)26(25(23)18-19,20-10-4-2-5-11-20)21-12-6-3-7-13-21;1-11-6-9-15-13(10-11)8-7-12-4-2-3-5-14(12)15/h4-9,11-19H,2-3,10H2,1H3;2-18H,1H3;2-10H,1H3. The largest absolute Gasteiger partial charge is 0.0713 e. The van der Waals surface area contributed by atoms with Crippen molar-refractivity contribution >= 4 is 53.9 Å². The predicted molar refractivity (Wildman–Crippen MR) is 298 cm³/mol. The van der Waals surface area contributed by atoms with E-state index in [0.29, 0.717) is 0 Å². The monoisotopic (exact) mass is 884 g/mol. The van der Waals surface area contributed by atoms with Gasteiger partial charge < -0.3 is 0 Å². The maximum Gasteiger partial charge on any atom is 0.0713 e. The molecule has 0 fully saturated rings. The van der Waals surface area contributed by atoms with Gasteiger partial charge in [-0.1, -0.05) is 267 Å². The van der Waals surface area contributed by atoms with Crippen LogP contribution in [0.15, 0.2) is 249 Å². The van der Waals surface area contributed by atoms with Crippen LogP contribution in [0, 0.1) is 13.8 Å². The van der Waals surface area contributed by atoms with Crippen LogP contribution in [0.5, 0.6) is 0 Å². The molecule has 0 saturated carbocycles. The molecular weight excluding hydrogens is 829 g/mol. The molecule has 0 N–H and O–H groups in total. The molecule has 12 aromatic rings. The van der Waals surface area contributed by atoms with E-state index >= 15 is 0 Å². The van der Waals surface area contributed by atoms with Crippen LogP contribution in [0.25, 0.3) is 76.1 Å². The van der Waals surface area contributed by atoms with Gasteiger partial charge in [0.05, 0.1) is 5.41 Å². The fourth-order valence-corrected chi connectivity index (χ4v) is 11.2. The minimum Gasteiger partial charge on any atom is -0.0654 e.